The smallest absolute Gasteiger partial charge is 0.150 e. The number of benzene rings is 1. The van der Waals surface area contributed by atoms with E-state index in [1.807, 2.05) is 12.1 Å². The van der Waals surface area contributed by atoms with E-state index in [1.165, 1.54) is 30.4 Å². The fourth-order valence-electron chi connectivity index (χ4n) is 2.13. The molecule has 0 amide bonds. The Labute approximate surface area is 78.8 Å². The first-order chi connectivity index (χ1) is 6.31. The van der Waals surface area contributed by atoms with Crippen molar-refractivity contribution in [3.8, 4) is 0 Å². The lowest BCUT2D eigenvalue weighted by Crippen LogP contribution is -2.07. The molecule has 0 aliphatic heterocycles. The van der Waals surface area contributed by atoms with Gasteiger partial charge in [-0.2, -0.15) is 0 Å². The summed E-state index contributed by atoms with van der Waals surface area (Å²) >= 11 is 0. The molecule has 13 heavy (non-hydrogen) atoms. The number of aldehydes is 1. The molecule has 0 fully saturated rings. The summed E-state index contributed by atoms with van der Waals surface area (Å²) in [5.41, 5.74) is 3.63. The molecule has 0 saturated carbocycles. The van der Waals surface area contributed by atoms with Gasteiger partial charge >= 0.3 is 0 Å². The summed E-state index contributed by atoms with van der Waals surface area (Å²) in [4.78, 5) is 10.6. The van der Waals surface area contributed by atoms with Crippen molar-refractivity contribution in [2.24, 2.45) is 0 Å². The molecule has 68 valence electrons. The number of rotatable bonds is 1. The maximum absolute atomic E-state index is 10.6. The van der Waals surface area contributed by atoms with Crippen molar-refractivity contribution < 1.29 is 4.79 Å². The van der Waals surface area contributed by atoms with Gasteiger partial charge in [-0.05, 0) is 42.4 Å². The van der Waals surface area contributed by atoms with Crippen LogP contribution in [0.3, 0.4) is 0 Å². The molecule has 1 nitrogen and oxygen atoms in total. The molecule has 0 spiro atoms. The molecule has 1 aromatic carbocycles. The van der Waals surface area contributed by atoms with Crippen LogP contribution in [0.2, 0.25) is 0 Å². The van der Waals surface area contributed by atoms with Crippen LogP contribution in [-0.4, -0.2) is 6.29 Å². The summed E-state index contributed by atoms with van der Waals surface area (Å²) in [6.45, 7) is 2.24. The summed E-state index contributed by atoms with van der Waals surface area (Å²) in [5.74, 6) is 0.628. The first-order valence-corrected chi connectivity index (χ1v) is 4.89. The molecule has 1 heteroatoms. The monoisotopic (exact) mass is 174 g/mol. The van der Waals surface area contributed by atoms with E-state index in [-0.39, 0.29) is 0 Å². The van der Waals surface area contributed by atoms with Gasteiger partial charge in [-0.3, -0.25) is 4.79 Å². The van der Waals surface area contributed by atoms with E-state index in [9.17, 15) is 4.79 Å². The van der Waals surface area contributed by atoms with Crippen molar-refractivity contribution in [1.29, 1.82) is 0 Å². The molecule has 0 heterocycles. The summed E-state index contributed by atoms with van der Waals surface area (Å²) < 4.78 is 0. The third-order valence-electron chi connectivity index (χ3n) is 2.92. The standard InChI is InChI=1S/C12H14O/c1-9-3-2-4-11-6-5-10(8-13)7-12(9)11/h5-9H,2-4H2,1H3. The van der Waals surface area contributed by atoms with E-state index in [2.05, 4.69) is 13.0 Å². The molecule has 1 atom stereocenters. The predicted molar refractivity (Wildman–Crippen MR) is 53.2 cm³/mol. The Kier molecular flexibility index (Phi) is 2.17. The second-order valence-corrected chi connectivity index (χ2v) is 3.87. The largest absolute Gasteiger partial charge is 0.298 e. The Bertz CT molecular complexity index is 328. The van der Waals surface area contributed by atoms with Crippen LogP contribution in [0.25, 0.3) is 0 Å². The Morgan fingerprint density at radius 3 is 3.08 bits per heavy atom. The molecular formula is C12H14O. The van der Waals surface area contributed by atoms with Gasteiger partial charge in [-0.25, -0.2) is 0 Å². The normalized spacial score (nSPS) is 20.8. The molecule has 1 aliphatic carbocycles. The van der Waals surface area contributed by atoms with Gasteiger partial charge in [0, 0.05) is 5.56 Å². The van der Waals surface area contributed by atoms with Crippen molar-refractivity contribution in [3.05, 3.63) is 34.9 Å². The summed E-state index contributed by atoms with van der Waals surface area (Å²) in [5, 5.41) is 0. The van der Waals surface area contributed by atoms with Crippen LogP contribution in [0.15, 0.2) is 18.2 Å². The maximum atomic E-state index is 10.6. The average molecular weight is 174 g/mol. The SMILES string of the molecule is CC1CCCc2ccc(C=O)cc21. The number of carbonyl (C=O) groups excluding carboxylic acids is 1. The first kappa shape index (κ1) is 8.49. The lowest BCUT2D eigenvalue weighted by molar-refractivity contribution is 0.112. The molecule has 1 aliphatic rings. The van der Waals surface area contributed by atoms with Crippen LogP contribution in [0, 0.1) is 0 Å². The highest BCUT2D eigenvalue weighted by Gasteiger charge is 2.15. The van der Waals surface area contributed by atoms with Crippen LogP contribution in [0.1, 0.15) is 47.2 Å². The number of aryl methyl sites for hydroxylation is 1. The summed E-state index contributed by atoms with van der Waals surface area (Å²) in [6.07, 6.45) is 4.66. The van der Waals surface area contributed by atoms with Gasteiger partial charge in [-0.1, -0.05) is 19.1 Å². The Morgan fingerprint density at radius 2 is 2.31 bits per heavy atom. The van der Waals surface area contributed by atoms with Gasteiger partial charge in [0.25, 0.3) is 0 Å². The zero-order valence-electron chi connectivity index (χ0n) is 7.92. The molecule has 0 radical (unpaired) electrons. The van der Waals surface area contributed by atoms with Crippen molar-refractivity contribution in [3.63, 3.8) is 0 Å². The Hall–Kier alpha value is -1.11. The molecule has 0 aromatic heterocycles. The number of fused-ring (bicyclic) bond motifs is 1. The zero-order chi connectivity index (χ0) is 9.26. The zero-order valence-corrected chi connectivity index (χ0v) is 7.92. The van der Waals surface area contributed by atoms with E-state index >= 15 is 0 Å². The minimum atomic E-state index is 0.628. The minimum Gasteiger partial charge on any atom is -0.298 e. The molecular weight excluding hydrogens is 160 g/mol. The second-order valence-electron chi connectivity index (χ2n) is 3.87. The van der Waals surface area contributed by atoms with Gasteiger partial charge in [0.2, 0.25) is 0 Å². The second kappa shape index (κ2) is 3.33. The molecule has 1 aromatic rings. The Balaban J connectivity index is 2.46. The van der Waals surface area contributed by atoms with E-state index in [0.717, 1.165) is 11.8 Å². The van der Waals surface area contributed by atoms with Gasteiger partial charge < -0.3 is 0 Å². The minimum absolute atomic E-state index is 0.628. The molecule has 0 bridgehead atoms. The first-order valence-electron chi connectivity index (χ1n) is 4.89. The highest BCUT2D eigenvalue weighted by molar-refractivity contribution is 5.75. The van der Waals surface area contributed by atoms with Gasteiger partial charge in [0.05, 0.1) is 0 Å². The number of carbonyl (C=O) groups is 1. The van der Waals surface area contributed by atoms with Crippen molar-refractivity contribution in [1.82, 2.24) is 0 Å². The third kappa shape index (κ3) is 1.51. The predicted octanol–water partition coefficient (Wildman–Crippen LogP) is 2.94. The van der Waals surface area contributed by atoms with Crippen molar-refractivity contribution >= 4 is 6.29 Å². The highest BCUT2D eigenvalue weighted by atomic mass is 16.1. The lowest BCUT2D eigenvalue weighted by atomic mass is 9.83. The van der Waals surface area contributed by atoms with E-state index in [1.54, 1.807) is 0 Å². The average Bonchev–Trinajstić information content (AvgIpc) is 2.18. The van der Waals surface area contributed by atoms with Gasteiger partial charge in [-0.15, -0.1) is 0 Å². The molecule has 2 rings (SSSR count). The van der Waals surface area contributed by atoms with Crippen molar-refractivity contribution in [2.45, 2.75) is 32.1 Å². The molecule has 0 saturated heterocycles. The van der Waals surface area contributed by atoms with Crippen LogP contribution < -0.4 is 0 Å². The molecule has 1 unspecified atom stereocenters. The van der Waals surface area contributed by atoms with Crippen LogP contribution in [-0.2, 0) is 6.42 Å². The number of hydrogen-bond donors (Lipinski definition) is 0. The highest BCUT2D eigenvalue weighted by Crippen LogP contribution is 2.31. The van der Waals surface area contributed by atoms with Crippen LogP contribution >= 0.6 is 0 Å². The van der Waals surface area contributed by atoms with E-state index in [0.29, 0.717) is 5.92 Å². The Morgan fingerprint density at radius 1 is 1.46 bits per heavy atom. The summed E-state index contributed by atoms with van der Waals surface area (Å²) in [7, 11) is 0. The topological polar surface area (TPSA) is 17.1 Å². The van der Waals surface area contributed by atoms with E-state index < -0.39 is 0 Å². The fraction of sp³-hybridized carbons (Fsp3) is 0.417. The lowest BCUT2D eigenvalue weighted by Gasteiger charge is -2.22. The van der Waals surface area contributed by atoms with Crippen LogP contribution in [0.5, 0.6) is 0 Å². The van der Waals surface area contributed by atoms with Crippen molar-refractivity contribution in [2.75, 3.05) is 0 Å². The quantitative estimate of drug-likeness (QED) is 0.598. The number of hydrogen-bond acceptors (Lipinski definition) is 1. The fourth-order valence-corrected chi connectivity index (χ4v) is 2.13. The van der Waals surface area contributed by atoms with Gasteiger partial charge in [0.15, 0.2) is 0 Å². The molecule has 0 N–H and O–H groups in total. The third-order valence-corrected chi connectivity index (χ3v) is 2.92. The van der Waals surface area contributed by atoms with Crippen LogP contribution in [0.4, 0.5) is 0 Å². The van der Waals surface area contributed by atoms with E-state index in [4.69, 9.17) is 0 Å². The maximum Gasteiger partial charge on any atom is 0.150 e. The van der Waals surface area contributed by atoms with Gasteiger partial charge in [0.1, 0.15) is 6.29 Å². The summed E-state index contributed by atoms with van der Waals surface area (Å²) in [6, 6.07) is 6.07.